The normalized spacial score (nSPS) is 26.1. The Morgan fingerprint density at radius 1 is 0.898 bits per heavy atom. The summed E-state index contributed by atoms with van der Waals surface area (Å²) in [5.74, 6) is -0.939. The molecule has 1 atom stereocenters. The number of hydrogen-bond acceptors (Lipinski definition) is 9. The molecule has 0 spiro atoms. The molecule has 4 amide bonds. The number of piperidine rings is 3. The number of likely N-dealkylation sites (tertiary alicyclic amines) is 1. The highest BCUT2D eigenvalue weighted by Crippen LogP contribution is 2.37. The summed E-state index contributed by atoms with van der Waals surface area (Å²) in [6.07, 6.45) is 7.18. The van der Waals surface area contributed by atoms with E-state index >= 15 is 0 Å². The van der Waals surface area contributed by atoms with Gasteiger partial charge in [-0.2, -0.15) is 5.10 Å². The van der Waals surface area contributed by atoms with Crippen molar-refractivity contribution in [2.24, 2.45) is 11.8 Å². The van der Waals surface area contributed by atoms with Gasteiger partial charge in [0.25, 0.3) is 18.2 Å². The van der Waals surface area contributed by atoms with Crippen LogP contribution < -0.4 is 16.0 Å². The zero-order chi connectivity index (χ0) is 34.2. The zero-order valence-corrected chi connectivity index (χ0v) is 27.7. The van der Waals surface area contributed by atoms with Crippen molar-refractivity contribution in [3.63, 3.8) is 0 Å². The second kappa shape index (κ2) is 14.1. The first kappa shape index (κ1) is 33.6. The second-order valence-electron chi connectivity index (χ2n) is 14.3. The third-order valence-electron chi connectivity index (χ3n) is 11.2. The van der Waals surface area contributed by atoms with Crippen molar-refractivity contribution in [2.45, 2.75) is 88.8 Å². The molecule has 1 saturated carbocycles. The molecule has 0 radical (unpaired) electrons. The summed E-state index contributed by atoms with van der Waals surface area (Å²) in [5.41, 5.74) is 6.87. The maximum atomic E-state index is 13.5. The van der Waals surface area contributed by atoms with Crippen molar-refractivity contribution < 1.29 is 32.7 Å². The summed E-state index contributed by atoms with van der Waals surface area (Å²) in [6, 6.07) is 4.44. The average Bonchev–Trinajstić information content (AvgIpc) is 3.62. The number of nitrogen functional groups attached to an aromatic ring is 1. The van der Waals surface area contributed by atoms with Crippen LogP contribution in [-0.4, -0.2) is 94.7 Å². The summed E-state index contributed by atoms with van der Waals surface area (Å²) in [6.45, 7) is 5.28. The van der Waals surface area contributed by atoms with E-state index in [0.29, 0.717) is 29.6 Å². The fourth-order valence-electron chi connectivity index (χ4n) is 8.37. The van der Waals surface area contributed by atoms with Gasteiger partial charge >= 0.3 is 0 Å². The number of anilines is 2. The van der Waals surface area contributed by atoms with Gasteiger partial charge < -0.3 is 20.3 Å². The Balaban J connectivity index is 0.834. The number of alkyl halides is 2. The number of rotatable bonds is 9. The van der Waals surface area contributed by atoms with Crippen molar-refractivity contribution in [2.75, 3.05) is 50.0 Å². The third kappa shape index (κ3) is 6.94. The summed E-state index contributed by atoms with van der Waals surface area (Å²) >= 11 is 0. The lowest BCUT2D eigenvalue weighted by atomic mass is 9.85. The minimum Gasteiger partial charge on any atom is -0.396 e. The Morgan fingerprint density at radius 3 is 2.31 bits per heavy atom. The molecule has 1 aromatic heterocycles. The van der Waals surface area contributed by atoms with Gasteiger partial charge in [0.05, 0.1) is 34.6 Å². The van der Waals surface area contributed by atoms with Gasteiger partial charge in [0.15, 0.2) is 5.69 Å². The number of carbonyl (C=O) groups excluding carboxylic acids is 4. The van der Waals surface area contributed by atoms with Gasteiger partial charge in [-0.3, -0.25) is 34.1 Å². The summed E-state index contributed by atoms with van der Waals surface area (Å²) in [4.78, 5) is 56.6. The van der Waals surface area contributed by atoms with Crippen molar-refractivity contribution in [1.29, 1.82) is 0 Å². The molecule has 264 valence electrons. The number of imide groups is 2. The van der Waals surface area contributed by atoms with Crippen molar-refractivity contribution in [3.8, 4) is 0 Å². The van der Waals surface area contributed by atoms with Gasteiger partial charge in [0, 0.05) is 51.9 Å². The second-order valence-corrected chi connectivity index (χ2v) is 14.3. The molecule has 4 aliphatic heterocycles. The average molecular weight is 682 g/mol. The van der Waals surface area contributed by atoms with Gasteiger partial charge in [0.1, 0.15) is 6.04 Å². The number of aromatic nitrogens is 2. The first-order chi connectivity index (χ1) is 23.7. The maximum absolute atomic E-state index is 13.5. The first-order valence-corrected chi connectivity index (χ1v) is 17.7. The molecule has 3 saturated heterocycles. The monoisotopic (exact) mass is 681 g/mol. The highest BCUT2D eigenvalue weighted by atomic mass is 19.3. The molecule has 3 N–H and O–H groups in total. The fraction of sp³-hybridized carbons (Fsp3) is 0.629. The lowest BCUT2D eigenvalue weighted by Gasteiger charge is -2.38. The predicted octanol–water partition coefficient (Wildman–Crippen LogP) is 3.93. The molecule has 5 aliphatic rings. The lowest BCUT2D eigenvalue weighted by Crippen LogP contribution is -2.54. The van der Waals surface area contributed by atoms with E-state index in [1.54, 1.807) is 23.0 Å². The van der Waals surface area contributed by atoms with E-state index in [2.05, 4.69) is 20.2 Å². The largest absolute Gasteiger partial charge is 0.396 e. The molecule has 4 fully saturated rings. The highest BCUT2D eigenvalue weighted by molar-refractivity contribution is 6.25. The number of nitrogens with one attached hydrogen (secondary N) is 1. The molecule has 1 aromatic carbocycles. The fourth-order valence-corrected chi connectivity index (χ4v) is 8.37. The SMILES string of the molecule is Nc1cn(C2CCC(CN3CCC(OCC4CCN(c5cccc6c5C(=O)N(C5CCC(=O)NC5=O)C6=O)CC4)CC3)CC2)nc1C(F)F. The van der Waals surface area contributed by atoms with Gasteiger partial charge in [-0.1, -0.05) is 6.07 Å². The van der Waals surface area contributed by atoms with Crippen molar-refractivity contribution >= 4 is 35.0 Å². The van der Waals surface area contributed by atoms with E-state index in [-0.39, 0.29) is 36.4 Å². The Bertz CT molecular complexity index is 1580. The number of fused-ring (bicyclic) bond motifs is 1. The minimum atomic E-state index is -2.65. The van der Waals surface area contributed by atoms with Gasteiger partial charge in [0.2, 0.25) is 11.8 Å². The standard InChI is InChI=1S/C35H45F2N7O5/c36-32(37)31-26(38)19-43(40-31)23-6-4-21(5-7-23)18-41-14-12-24(13-15-41)49-20-22-10-16-42(17-11-22)27-3-1-2-25-30(27)35(48)44(34(25)47)28-8-9-29(45)39-33(28)46/h1-3,19,21-24,28,32H,4-18,20,38H2,(H,39,45,46). The first-order valence-electron chi connectivity index (χ1n) is 17.7. The number of nitrogens with zero attached hydrogens (tertiary/aromatic N) is 5. The van der Waals surface area contributed by atoms with Crippen LogP contribution >= 0.6 is 0 Å². The van der Waals surface area contributed by atoms with Crippen LogP contribution in [0.1, 0.15) is 103 Å². The topological polar surface area (TPSA) is 143 Å². The Kier molecular flexibility index (Phi) is 9.69. The number of halogens is 2. The predicted molar refractivity (Wildman–Crippen MR) is 176 cm³/mol. The molecule has 0 bridgehead atoms. The Morgan fingerprint density at radius 2 is 1.63 bits per heavy atom. The van der Waals surface area contributed by atoms with Gasteiger partial charge in [-0.25, -0.2) is 8.78 Å². The molecular weight excluding hydrogens is 636 g/mol. The van der Waals surface area contributed by atoms with Crippen LogP contribution in [-0.2, 0) is 14.3 Å². The highest BCUT2D eigenvalue weighted by Gasteiger charge is 2.46. The van der Waals surface area contributed by atoms with E-state index < -0.39 is 36.1 Å². The molecular formula is C35H45F2N7O5. The van der Waals surface area contributed by atoms with E-state index in [9.17, 15) is 28.0 Å². The van der Waals surface area contributed by atoms with Crippen molar-refractivity contribution in [3.05, 3.63) is 41.2 Å². The van der Waals surface area contributed by atoms with Crippen LogP contribution in [0.25, 0.3) is 0 Å². The third-order valence-corrected chi connectivity index (χ3v) is 11.2. The molecule has 2 aromatic rings. The van der Waals surface area contributed by atoms with Crippen LogP contribution in [0.2, 0.25) is 0 Å². The zero-order valence-electron chi connectivity index (χ0n) is 27.7. The molecule has 1 aliphatic carbocycles. The summed E-state index contributed by atoms with van der Waals surface area (Å²) < 4.78 is 34.3. The van der Waals surface area contributed by atoms with Gasteiger partial charge in [-0.05, 0) is 81.8 Å². The van der Waals surface area contributed by atoms with E-state index in [1.165, 1.54) is 0 Å². The van der Waals surface area contributed by atoms with Crippen LogP contribution in [0.5, 0.6) is 0 Å². The molecule has 12 nitrogen and oxygen atoms in total. The Labute approximate surface area is 284 Å². The van der Waals surface area contributed by atoms with Crippen LogP contribution in [0, 0.1) is 11.8 Å². The number of ether oxygens (including phenoxy) is 1. The van der Waals surface area contributed by atoms with Gasteiger partial charge in [-0.15, -0.1) is 0 Å². The Hall–Kier alpha value is -3.91. The number of hydrogen-bond donors (Lipinski definition) is 2. The van der Waals surface area contributed by atoms with Crippen LogP contribution in [0.3, 0.4) is 0 Å². The molecule has 14 heteroatoms. The van der Waals surface area contributed by atoms with E-state index in [4.69, 9.17) is 10.5 Å². The van der Waals surface area contributed by atoms with Crippen LogP contribution in [0.4, 0.5) is 20.2 Å². The molecule has 5 heterocycles. The van der Waals surface area contributed by atoms with E-state index in [1.807, 2.05) is 6.07 Å². The maximum Gasteiger partial charge on any atom is 0.284 e. The number of nitrogens with two attached hydrogens (primary N) is 1. The lowest BCUT2D eigenvalue weighted by molar-refractivity contribution is -0.136. The summed E-state index contributed by atoms with van der Waals surface area (Å²) in [5, 5.41) is 6.31. The van der Waals surface area contributed by atoms with E-state index in [0.717, 1.165) is 94.7 Å². The molecule has 7 rings (SSSR count). The summed E-state index contributed by atoms with van der Waals surface area (Å²) in [7, 11) is 0. The minimum absolute atomic E-state index is 0.0702. The van der Waals surface area contributed by atoms with Crippen LogP contribution in [0.15, 0.2) is 24.4 Å². The quantitative estimate of drug-likeness (QED) is 0.377. The number of amides is 4. The van der Waals surface area contributed by atoms with Crippen molar-refractivity contribution in [1.82, 2.24) is 24.9 Å². The molecule has 49 heavy (non-hydrogen) atoms. The number of benzene rings is 1. The smallest absolute Gasteiger partial charge is 0.284 e. The number of carbonyl (C=O) groups is 4. The molecule has 1 unspecified atom stereocenters.